The summed E-state index contributed by atoms with van der Waals surface area (Å²) < 4.78 is 5.57. The highest BCUT2D eigenvalue weighted by molar-refractivity contribution is 7.98. The minimum atomic E-state index is -1.01. The van der Waals surface area contributed by atoms with Crippen LogP contribution in [0.15, 0.2) is 52.1 Å². The zero-order valence-corrected chi connectivity index (χ0v) is 12.3. The molecule has 1 aromatic heterocycles. The number of carboxylic acid groups (broad SMARTS) is 1. The Hall–Kier alpha value is -1.98. The number of hydrogen-bond donors (Lipinski definition) is 1. The summed E-state index contributed by atoms with van der Waals surface area (Å²) >= 11 is 7.25. The van der Waals surface area contributed by atoms with E-state index in [2.05, 4.69) is 4.98 Å². The molecule has 0 aliphatic rings. The quantitative estimate of drug-likeness (QED) is 0.719. The van der Waals surface area contributed by atoms with Gasteiger partial charge in [-0.15, -0.1) is 0 Å². The van der Waals surface area contributed by atoms with Crippen molar-refractivity contribution in [2.75, 3.05) is 0 Å². The van der Waals surface area contributed by atoms with Crippen LogP contribution in [0.2, 0.25) is 5.02 Å². The van der Waals surface area contributed by atoms with Crippen LogP contribution in [0.5, 0.6) is 0 Å². The first-order valence-corrected chi connectivity index (χ1v) is 7.50. The molecule has 0 atom stereocenters. The molecule has 3 rings (SSSR count). The summed E-state index contributed by atoms with van der Waals surface area (Å²) in [4.78, 5) is 15.4. The van der Waals surface area contributed by atoms with Gasteiger partial charge in [-0.3, -0.25) is 0 Å². The second-order valence-electron chi connectivity index (χ2n) is 4.35. The number of oxazole rings is 1. The number of hydrogen-bond acceptors (Lipinski definition) is 4. The third-order valence-corrected chi connectivity index (χ3v) is 4.06. The van der Waals surface area contributed by atoms with Crippen molar-refractivity contribution in [2.45, 2.75) is 11.0 Å². The highest BCUT2D eigenvalue weighted by Crippen LogP contribution is 2.28. The van der Waals surface area contributed by atoms with Crippen LogP contribution in [0, 0.1) is 0 Å². The summed E-state index contributed by atoms with van der Waals surface area (Å²) in [5.41, 5.74) is 2.09. The smallest absolute Gasteiger partial charge is 0.338 e. The Morgan fingerprint density at radius 3 is 2.71 bits per heavy atom. The number of fused-ring (bicyclic) bond motifs is 1. The van der Waals surface area contributed by atoms with E-state index in [1.807, 2.05) is 24.3 Å². The number of thioether (sulfide) groups is 1. The number of halogens is 1. The Balaban J connectivity index is 1.83. The minimum Gasteiger partial charge on any atom is -0.478 e. The molecule has 3 aromatic rings. The van der Waals surface area contributed by atoms with Gasteiger partial charge in [-0.2, -0.15) is 0 Å². The molecule has 0 radical (unpaired) electrons. The fourth-order valence-corrected chi connectivity index (χ4v) is 2.80. The summed E-state index contributed by atoms with van der Waals surface area (Å²) in [7, 11) is 0. The summed E-state index contributed by atoms with van der Waals surface area (Å²) in [5, 5.41) is 10.3. The van der Waals surface area contributed by atoms with Gasteiger partial charge in [-0.05, 0) is 29.8 Å². The van der Waals surface area contributed by atoms with Crippen LogP contribution in [0.3, 0.4) is 0 Å². The Kier molecular flexibility index (Phi) is 3.86. The molecule has 21 heavy (non-hydrogen) atoms. The van der Waals surface area contributed by atoms with E-state index < -0.39 is 5.97 Å². The number of rotatable bonds is 4. The summed E-state index contributed by atoms with van der Waals surface area (Å²) in [6, 6.07) is 12.4. The summed E-state index contributed by atoms with van der Waals surface area (Å²) in [6.45, 7) is 0. The topological polar surface area (TPSA) is 63.3 Å². The van der Waals surface area contributed by atoms with Crippen LogP contribution in [-0.4, -0.2) is 16.1 Å². The van der Waals surface area contributed by atoms with Gasteiger partial charge in [-0.1, -0.05) is 41.6 Å². The fourth-order valence-electron chi connectivity index (χ4n) is 1.89. The molecular weight excluding hydrogens is 310 g/mol. The molecule has 0 amide bonds. The predicted molar refractivity (Wildman–Crippen MR) is 82.0 cm³/mol. The van der Waals surface area contributed by atoms with Crippen molar-refractivity contribution in [2.24, 2.45) is 0 Å². The molecule has 0 aliphatic carbocycles. The van der Waals surface area contributed by atoms with Crippen molar-refractivity contribution in [1.29, 1.82) is 0 Å². The van der Waals surface area contributed by atoms with Crippen LogP contribution in [0.4, 0.5) is 0 Å². The Bertz CT molecular complexity index is 798. The number of para-hydroxylation sites is 1. The lowest BCUT2D eigenvalue weighted by atomic mass is 10.2. The normalized spacial score (nSPS) is 10.9. The van der Waals surface area contributed by atoms with Crippen LogP contribution in [-0.2, 0) is 5.75 Å². The van der Waals surface area contributed by atoms with Crippen molar-refractivity contribution in [3.05, 3.63) is 58.6 Å². The van der Waals surface area contributed by atoms with Crippen molar-refractivity contribution in [1.82, 2.24) is 4.98 Å². The Labute approximate surface area is 129 Å². The molecule has 0 aliphatic heterocycles. The molecule has 4 nitrogen and oxygen atoms in total. The van der Waals surface area contributed by atoms with Gasteiger partial charge in [-0.25, -0.2) is 9.78 Å². The summed E-state index contributed by atoms with van der Waals surface area (Å²) in [5.74, 6) is -0.338. The zero-order chi connectivity index (χ0) is 14.8. The highest BCUT2D eigenvalue weighted by atomic mass is 35.5. The van der Waals surface area contributed by atoms with Crippen molar-refractivity contribution in [3.63, 3.8) is 0 Å². The summed E-state index contributed by atoms with van der Waals surface area (Å²) in [6.07, 6.45) is 0. The lowest BCUT2D eigenvalue weighted by Crippen LogP contribution is -1.96. The van der Waals surface area contributed by atoms with E-state index in [4.69, 9.17) is 21.1 Å². The molecule has 0 bridgehead atoms. The van der Waals surface area contributed by atoms with Gasteiger partial charge >= 0.3 is 5.97 Å². The molecule has 0 fully saturated rings. The third-order valence-electron chi connectivity index (χ3n) is 2.91. The van der Waals surface area contributed by atoms with Crippen molar-refractivity contribution >= 4 is 40.4 Å². The van der Waals surface area contributed by atoms with E-state index in [1.54, 1.807) is 12.1 Å². The van der Waals surface area contributed by atoms with E-state index in [1.165, 1.54) is 17.8 Å². The number of aromatic nitrogens is 1. The van der Waals surface area contributed by atoms with E-state index in [-0.39, 0.29) is 5.56 Å². The van der Waals surface area contributed by atoms with Crippen LogP contribution < -0.4 is 0 Å². The maximum absolute atomic E-state index is 11.1. The van der Waals surface area contributed by atoms with Crippen LogP contribution in [0.1, 0.15) is 15.9 Å². The maximum Gasteiger partial charge on any atom is 0.338 e. The lowest BCUT2D eigenvalue weighted by Gasteiger charge is -1.98. The standard InChI is InChI=1S/C15H10ClNO3S/c16-10-6-4-9(5-7-10)8-21-15-17-13-11(14(18)19)2-1-3-12(13)20-15/h1-7H,8H2,(H,18,19). The predicted octanol–water partition coefficient (Wildman–Crippen LogP) is 4.47. The molecule has 106 valence electrons. The van der Waals surface area contributed by atoms with Gasteiger partial charge in [0.05, 0.1) is 5.56 Å². The van der Waals surface area contributed by atoms with Gasteiger partial charge < -0.3 is 9.52 Å². The average Bonchev–Trinajstić information content (AvgIpc) is 2.89. The van der Waals surface area contributed by atoms with E-state index in [0.717, 1.165) is 5.56 Å². The van der Waals surface area contributed by atoms with Gasteiger partial charge in [0, 0.05) is 10.8 Å². The van der Waals surface area contributed by atoms with Crippen LogP contribution >= 0.6 is 23.4 Å². The highest BCUT2D eigenvalue weighted by Gasteiger charge is 2.14. The largest absolute Gasteiger partial charge is 0.478 e. The second-order valence-corrected chi connectivity index (χ2v) is 5.72. The van der Waals surface area contributed by atoms with Gasteiger partial charge in [0.1, 0.15) is 5.52 Å². The zero-order valence-electron chi connectivity index (χ0n) is 10.7. The monoisotopic (exact) mass is 319 g/mol. The number of nitrogens with zero attached hydrogens (tertiary/aromatic N) is 1. The molecule has 0 spiro atoms. The van der Waals surface area contributed by atoms with E-state index in [0.29, 0.717) is 27.1 Å². The first kappa shape index (κ1) is 14.0. The first-order valence-electron chi connectivity index (χ1n) is 6.13. The third kappa shape index (κ3) is 3.04. The van der Waals surface area contributed by atoms with E-state index >= 15 is 0 Å². The first-order chi connectivity index (χ1) is 10.1. The fraction of sp³-hybridized carbons (Fsp3) is 0.0667. The molecule has 0 saturated heterocycles. The van der Waals surface area contributed by atoms with E-state index in [9.17, 15) is 4.79 Å². The Morgan fingerprint density at radius 1 is 1.24 bits per heavy atom. The molecule has 0 unspecified atom stereocenters. The van der Waals surface area contributed by atoms with Crippen LogP contribution in [0.25, 0.3) is 11.1 Å². The van der Waals surface area contributed by atoms with Crippen molar-refractivity contribution in [3.8, 4) is 0 Å². The lowest BCUT2D eigenvalue weighted by molar-refractivity contribution is 0.0699. The number of aromatic carboxylic acids is 1. The van der Waals surface area contributed by atoms with Gasteiger partial charge in [0.25, 0.3) is 5.22 Å². The molecule has 2 aromatic carbocycles. The second kappa shape index (κ2) is 5.79. The van der Waals surface area contributed by atoms with Gasteiger partial charge in [0.15, 0.2) is 5.58 Å². The molecular formula is C15H10ClNO3S. The number of benzene rings is 2. The average molecular weight is 320 g/mol. The number of carbonyl (C=O) groups is 1. The minimum absolute atomic E-state index is 0.148. The Morgan fingerprint density at radius 2 is 2.00 bits per heavy atom. The SMILES string of the molecule is O=C(O)c1cccc2oc(SCc3ccc(Cl)cc3)nc12. The molecule has 1 heterocycles. The molecule has 0 saturated carbocycles. The number of carboxylic acids is 1. The molecule has 6 heteroatoms. The van der Waals surface area contributed by atoms with Gasteiger partial charge in [0.2, 0.25) is 0 Å². The molecule has 1 N–H and O–H groups in total. The maximum atomic E-state index is 11.1. The van der Waals surface area contributed by atoms with Crippen molar-refractivity contribution < 1.29 is 14.3 Å².